The fourth-order valence-electron chi connectivity index (χ4n) is 1.32. The van der Waals surface area contributed by atoms with Crippen molar-refractivity contribution in [3.05, 3.63) is 53.7 Å². The van der Waals surface area contributed by atoms with Gasteiger partial charge in [-0.1, -0.05) is 18.2 Å². The molecule has 0 saturated carbocycles. The van der Waals surface area contributed by atoms with Gasteiger partial charge in [0.15, 0.2) is 0 Å². The third-order valence-corrected chi connectivity index (χ3v) is 2.18. The molecule has 0 aliphatic carbocycles. The summed E-state index contributed by atoms with van der Waals surface area (Å²) in [5, 5.41) is 0. The van der Waals surface area contributed by atoms with Gasteiger partial charge in [-0.15, -0.1) is 0 Å². The molecule has 2 aromatic rings. The van der Waals surface area contributed by atoms with Gasteiger partial charge in [-0.2, -0.15) is 4.39 Å². The van der Waals surface area contributed by atoms with Crippen molar-refractivity contribution in [2.75, 3.05) is 0 Å². The Morgan fingerprint density at radius 1 is 1.07 bits per heavy atom. The molecule has 15 heavy (non-hydrogen) atoms. The van der Waals surface area contributed by atoms with Crippen LogP contribution in [-0.4, -0.2) is 4.98 Å². The molecule has 0 spiro atoms. The Bertz CT molecular complexity index is 495. The van der Waals surface area contributed by atoms with Gasteiger partial charge in [0.2, 0.25) is 5.95 Å². The molecule has 0 saturated heterocycles. The number of aromatic nitrogens is 1. The number of benzene rings is 1. The molecule has 0 atom stereocenters. The number of halogens is 2. The van der Waals surface area contributed by atoms with Gasteiger partial charge in [0.1, 0.15) is 5.82 Å². The van der Waals surface area contributed by atoms with Crippen LogP contribution in [0.5, 0.6) is 0 Å². The van der Waals surface area contributed by atoms with Crippen molar-refractivity contribution in [2.45, 2.75) is 6.92 Å². The molecular weight excluding hydrogens is 196 g/mol. The summed E-state index contributed by atoms with van der Waals surface area (Å²) in [7, 11) is 0. The summed E-state index contributed by atoms with van der Waals surface area (Å²) in [5.41, 5.74) is 1.58. The van der Waals surface area contributed by atoms with Crippen molar-refractivity contribution < 1.29 is 8.78 Å². The van der Waals surface area contributed by atoms with Crippen LogP contribution in [0, 0.1) is 18.7 Å². The van der Waals surface area contributed by atoms with Crippen molar-refractivity contribution in [2.24, 2.45) is 0 Å². The van der Waals surface area contributed by atoms with E-state index in [9.17, 15) is 8.78 Å². The minimum Gasteiger partial charge on any atom is -0.220 e. The number of rotatable bonds is 1. The van der Waals surface area contributed by atoms with Gasteiger partial charge in [-0.05, 0) is 30.7 Å². The van der Waals surface area contributed by atoms with E-state index in [2.05, 4.69) is 4.98 Å². The Balaban J connectivity index is 2.50. The van der Waals surface area contributed by atoms with E-state index in [4.69, 9.17) is 0 Å². The summed E-state index contributed by atoms with van der Waals surface area (Å²) in [6, 6.07) is 9.19. The summed E-state index contributed by atoms with van der Waals surface area (Å²) < 4.78 is 26.1. The highest BCUT2D eigenvalue weighted by molar-refractivity contribution is 5.59. The summed E-state index contributed by atoms with van der Waals surface area (Å²) in [4.78, 5) is 3.68. The molecule has 0 bridgehead atoms. The van der Waals surface area contributed by atoms with E-state index in [1.54, 1.807) is 31.2 Å². The van der Waals surface area contributed by atoms with Gasteiger partial charge < -0.3 is 0 Å². The van der Waals surface area contributed by atoms with Gasteiger partial charge in [-0.3, -0.25) is 0 Å². The topological polar surface area (TPSA) is 12.9 Å². The molecule has 0 fully saturated rings. The smallest absolute Gasteiger partial charge is 0.213 e. The first-order valence-electron chi connectivity index (χ1n) is 4.56. The number of nitrogens with zero attached hydrogens (tertiary/aromatic N) is 1. The Morgan fingerprint density at radius 2 is 1.87 bits per heavy atom. The first kappa shape index (κ1) is 9.77. The maximum Gasteiger partial charge on any atom is 0.213 e. The molecule has 0 radical (unpaired) electrons. The molecule has 1 aromatic heterocycles. The Kier molecular flexibility index (Phi) is 2.46. The molecule has 0 aliphatic rings. The highest BCUT2D eigenvalue weighted by Crippen LogP contribution is 2.19. The summed E-state index contributed by atoms with van der Waals surface area (Å²) in [6.07, 6.45) is 0. The van der Waals surface area contributed by atoms with E-state index in [0.29, 0.717) is 16.8 Å². The van der Waals surface area contributed by atoms with Crippen LogP contribution in [0.15, 0.2) is 36.4 Å². The monoisotopic (exact) mass is 205 g/mol. The van der Waals surface area contributed by atoms with Crippen LogP contribution >= 0.6 is 0 Å². The van der Waals surface area contributed by atoms with E-state index in [0.717, 1.165) is 0 Å². The SMILES string of the molecule is Cc1ccc(-c2cccc(F)n2)cc1F. The molecule has 1 aromatic carbocycles. The number of hydrogen-bond donors (Lipinski definition) is 0. The minimum atomic E-state index is -0.562. The standard InChI is InChI=1S/C12H9F2N/c1-8-5-6-9(7-10(8)13)11-3-2-4-12(14)15-11/h2-7H,1H3. The third kappa shape index (κ3) is 2.01. The summed E-state index contributed by atoms with van der Waals surface area (Å²) >= 11 is 0. The fraction of sp³-hybridized carbons (Fsp3) is 0.0833. The van der Waals surface area contributed by atoms with Crippen LogP contribution in [0.3, 0.4) is 0 Å². The first-order chi connectivity index (χ1) is 7.16. The Labute approximate surface area is 86.4 Å². The van der Waals surface area contributed by atoms with Crippen molar-refractivity contribution in [3.63, 3.8) is 0 Å². The highest BCUT2D eigenvalue weighted by Gasteiger charge is 2.03. The van der Waals surface area contributed by atoms with Crippen LogP contribution in [0.1, 0.15) is 5.56 Å². The van der Waals surface area contributed by atoms with Crippen molar-refractivity contribution >= 4 is 0 Å². The van der Waals surface area contributed by atoms with Crippen molar-refractivity contribution in [1.29, 1.82) is 0 Å². The maximum atomic E-state index is 13.2. The third-order valence-electron chi connectivity index (χ3n) is 2.18. The molecular formula is C12H9F2N. The van der Waals surface area contributed by atoms with Gasteiger partial charge in [0.05, 0.1) is 5.69 Å². The van der Waals surface area contributed by atoms with Crippen LogP contribution in [-0.2, 0) is 0 Å². The Morgan fingerprint density at radius 3 is 2.53 bits per heavy atom. The van der Waals surface area contributed by atoms with Gasteiger partial charge in [0.25, 0.3) is 0 Å². The second-order valence-corrected chi connectivity index (χ2v) is 3.31. The molecule has 0 aliphatic heterocycles. The molecule has 0 unspecified atom stereocenters. The zero-order chi connectivity index (χ0) is 10.8. The second-order valence-electron chi connectivity index (χ2n) is 3.31. The summed E-state index contributed by atoms with van der Waals surface area (Å²) in [5.74, 6) is -0.868. The van der Waals surface area contributed by atoms with Crippen LogP contribution in [0.4, 0.5) is 8.78 Å². The predicted molar refractivity (Wildman–Crippen MR) is 54.3 cm³/mol. The number of hydrogen-bond acceptors (Lipinski definition) is 1. The maximum absolute atomic E-state index is 13.2. The quantitative estimate of drug-likeness (QED) is 0.650. The lowest BCUT2D eigenvalue weighted by atomic mass is 10.1. The minimum absolute atomic E-state index is 0.307. The molecule has 1 heterocycles. The molecule has 0 amide bonds. The molecule has 3 heteroatoms. The molecule has 76 valence electrons. The van der Waals surface area contributed by atoms with E-state index in [1.807, 2.05) is 0 Å². The van der Waals surface area contributed by atoms with Gasteiger partial charge >= 0.3 is 0 Å². The van der Waals surface area contributed by atoms with Crippen molar-refractivity contribution in [1.82, 2.24) is 4.98 Å². The first-order valence-corrected chi connectivity index (χ1v) is 4.56. The average molecular weight is 205 g/mol. The van der Waals surface area contributed by atoms with Gasteiger partial charge in [-0.25, -0.2) is 9.37 Å². The summed E-state index contributed by atoms with van der Waals surface area (Å²) in [6.45, 7) is 1.68. The molecule has 2 rings (SSSR count). The Hall–Kier alpha value is -1.77. The lowest BCUT2D eigenvalue weighted by Gasteiger charge is -2.02. The predicted octanol–water partition coefficient (Wildman–Crippen LogP) is 3.34. The largest absolute Gasteiger partial charge is 0.220 e. The lowest BCUT2D eigenvalue weighted by Crippen LogP contribution is -1.89. The van der Waals surface area contributed by atoms with Gasteiger partial charge in [0, 0.05) is 5.56 Å². The second kappa shape index (κ2) is 3.77. The molecule has 0 N–H and O–H groups in total. The normalized spacial score (nSPS) is 10.3. The van der Waals surface area contributed by atoms with Crippen molar-refractivity contribution in [3.8, 4) is 11.3 Å². The number of aryl methyl sites for hydroxylation is 1. The average Bonchev–Trinajstić information content (AvgIpc) is 2.22. The van der Waals surface area contributed by atoms with E-state index in [-0.39, 0.29) is 5.82 Å². The van der Waals surface area contributed by atoms with E-state index >= 15 is 0 Å². The van der Waals surface area contributed by atoms with E-state index < -0.39 is 5.95 Å². The zero-order valence-corrected chi connectivity index (χ0v) is 8.17. The number of pyridine rings is 1. The fourth-order valence-corrected chi connectivity index (χ4v) is 1.32. The lowest BCUT2D eigenvalue weighted by molar-refractivity contribution is 0.585. The van der Waals surface area contributed by atoms with E-state index in [1.165, 1.54) is 12.1 Å². The highest BCUT2D eigenvalue weighted by atomic mass is 19.1. The van der Waals surface area contributed by atoms with Crippen LogP contribution in [0.25, 0.3) is 11.3 Å². The zero-order valence-electron chi connectivity index (χ0n) is 8.17. The van der Waals surface area contributed by atoms with Crippen LogP contribution in [0.2, 0.25) is 0 Å². The van der Waals surface area contributed by atoms with Crippen LogP contribution < -0.4 is 0 Å². The molecule has 1 nitrogen and oxygen atoms in total.